The molecule has 2 aromatic carbocycles. The van der Waals surface area contributed by atoms with Gasteiger partial charge in [-0.2, -0.15) is 0 Å². The van der Waals surface area contributed by atoms with Crippen LogP contribution in [-0.2, 0) is 9.59 Å². The summed E-state index contributed by atoms with van der Waals surface area (Å²) in [5, 5.41) is 0. The van der Waals surface area contributed by atoms with Gasteiger partial charge in [0.25, 0.3) is 0 Å². The SMILES string of the molecule is C=C(C)C(=O)Oc1ccc(C=CC2CCC(C=Cc3ccc(OC(=O)C(=C)C)cc3)CC2)cc1. The molecule has 3 rings (SSSR count). The van der Waals surface area contributed by atoms with E-state index in [-0.39, 0.29) is 0 Å². The van der Waals surface area contributed by atoms with Gasteiger partial charge >= 0.3 is 11.9 Å². The highest BCUT2D eigenvalue weighted by Gasteiger charge is 2.17. The summed E-state index contributed by atoms with van der Waals surface area (Å²) in [6.45, 7) is 10.4. The topological polar surface area (TPSA) is 52.6 Å². The van der Waals surface area contributed by atoms with Crippen LogP contribution in [0, 0.1) is 11.8 Å². The molecule has 1 fully saturated rings. The Balaban J connectivity index is 1.44. The summed E-state index contributed by atoms with van der Waals surface area (Å²) in [5.41, 5.74) is 2.95. The van der Waals surface area contributed by atoms with Crippen molar-refractivity contribution < 1.29 is 19.1 Å². The Labute approximate surface area is 202 Å². The van der Waals surface area contributed by atoms with Crippen molar-refractivity contribution in [3.63, 3.8) is 0 Å². The molecule has 0 aromatic heterocycles. The van der Waals surface area contributed by atoms with Gasteiger partial charge in [0, 0.05) is 11.1 Å². The molecular weight excluding hydrogens is 424 g/mol. The van der Waals surface area contributed by atoms with Crippen LogP contribution in [0.1, 0.15) is 50.7 Å². The number of rotatable bonds is 8. The lowest BCUT2D eigenvalue weighted by atomic mass is 9.81. The van der Waals surface area contributed by atoms with Crippen LogP contribution in [0.15, 0.2) is 85.0 Å². The fourth-order valence-electron chi connectivity index (χ4n) is 3.71. The second-order valence-electron chi connectivity index (χ2n) is 8.87. The Morgan fingerprint density at radius 2 is 1.00 bits per heavy atom. The second kappa shape index (κ2) is 12.0. The zero-order chi connectivity index (χ0) is 24.5. The number of benzene rings is 2. The van der Waals surface area contributed by atoms with Crippen molar-refractivity contribution in [1.29, 1.82) is 0 Å². The third-order valence-corrected chi connectivity index (χ3v) is 5.82. The highest BCUT2D eigenvalue weighted by Crippen LogP contribution is 2.31. The molecule has 0 bridgehead atoms. The Hall–Kier alpha value is -3.66. The van der Waals surface area contributed by atoms with Gasteiger partial charge in [0.2, 0.25) is 0 Å². The third kappa shape index (κ3) is 7.73. The quantitative estimate of drug-likeness (QED) is 0.240. The molecule has 34 heavy (non-hydrogen) atoms. The molecule has 2 aromatic rings. The van der Waals surface area contributed by atoms with Crippen LogP contribution in [0.3, 0.4) is 0 Å². The summed E-state index contributed by atoms with van der Waals surface area (Å²) in [7, 11) is 0. The van der Waals surface area contributed by atoms with Gasteiger partial charge in [0.1, 0.15) is 11.5 Å². The Bertz CT molecular complexity index is 990. The first-order valence-electron chi connectivity index (χ1n) is 11.6. The van der Waals surface area contributed by atoms with E-state index < -0.39 is 11.9 Å². The minimum atomic E-state index is -0.407. The van der Waals surface area contributed by atoms with Gasteiger partial charge in [-0.05, 0) is 86.8 Å². The van der Waals surface area contributed by atoms with Crippen LogP contribution in [0.5, 0.6) is 11.5 Å². The highest BCUT2D eigenvalue weighted by atomic mass is 16.5. The van der Waals surface area contributed by atoms with E-state index in [4.69, 9.17) is 9.47 Å². The van der Waals surface area contributed by atoms with Crippen LogP contribution in [-0.4, -0.2) is 11.9 Å². The molecule has 1 aliphatic rings. The first-order valence-corrected chi connectivity index (χ1v) is 11.6. The summed E-state index contributed by atoms with van der Waals surface area (Å²) < 4.78 is 10.5. The van der Waals surface area contributed by atoms with E-state index in [2.05, 4.69) is 37.5 Å². The molecule has 0 heterocycles. The highest BCUT2D eigenvalue weighted by molar-refractivity contribution is 5.89. The predicted octanol–water partition coefficient (Wildman–Crippen LogP) is 7.18. The van der Waals surface area contributed by atoms with Crippen molar-refractivity contribution in [3.05, 3.63) is 96.1 Å². The molecule has 4 nitrogen and oxygen atoms in total. The van der Waals surface area contributed by atoms with E-state index >= 15 is 0 Å². The first-order chi connectivity index (χ1) is 16.3. The summed E-state index contributed by atoms with van der Waals surface area (Å²) >= 11 is 0. The van der Waals surface area contributed by atoms with Crippen molar-refractivity contribution >= 4 is 24.1 Å². The minimum absolute atomic E-state index is 0.383. The number of carbonyl (C=O) groups excluding carboxylic acids is 2. The average Bonchev–Trinajstić information content (AvgIpc) is 2.83. The number of carbonyl (C=O) groups is 2. The van der Waals surface area contributed by atoms with Gasteiger partial charge in [-0.25, -0.2) is 9.59 Å². The Morgan fingerprint density at radius 3 is 1.29 bits per heavy atom. The number of hydrogen-bond donors (Lipinski definition) is 0. The molecular formula is C30H32O4. The predicted molar refractivity (Wildman–Crippen MR) is 137 cm³/mol. The van der Waals surface area contributed by atoms with E-state index in [1.807, 2.05) is 24.3 Å². The maximum absolute atomic E-state index is 11.6. The third-order valence-electron chi connectivity index (χ3n) is 5.82. The number of ether oxygens (including phenoxy) is 2. The Morgan fingerprint density at radius 1 is 0.676 bits per heavy atom. The standard InChI is InChI=1S/C30H32O4/c1-21(2)29(31)33-27-17-13-25(14-18-27)11-9-23-5-7-24(8-6-23)10-12-26-15-19-28(20-16-26)34-30(32)22(3)4/h9-20,23-24H,1,3,5-8H2,2,4H3. The number of hydrogen-bond acceptors (Lipinski definition) is 4. The van der Waals surface area contributed by atoms with E-state index in [1.54, 1.807) is 38.1 Å². The van der Waals surface area contributed by atoms with E-state index in [0.717, 1.165) is 36.8 Å². The van der Waals surface area contributed by atoms with Gasteiger partial charge in [-0.15, -0.1) is 0 Å². The Kier molecular flexibility index (Phi) is 8.80. The molecule has 0 N–H and O–H groups in total. The summed E-state index contributed by atoms with van der Waals surface area (Å²) in [6, 6.07) is 15.0. The summed E-state index contributed by atoms with van der Waals surface area (Å²) in [6.07, 6.45) is 13.5. The number of allylic oxidation sites excluding steroid dienone is 2. The van der Waals surface area contributed by atoms with Gasteiger partial charge in [0.05, 0.1) is 0 Å². The summed E-state index contributed by atoms with van der Waals surface area (Å²) in [4.78, 5) is 23.2. The lowest BCUT2D eigenvalue weighted by molar-refractivity contribution is -0.130. The van der Waals surface area contributed by atoms with Crippen LogP contribution in [0.25, 0.3) is 12.2 Å². The largest absolute Gasteiger partial charge is 0.423 e. The van der Waals surface area contributed by atoms with Crippen molar-refractivity contribution in [2.75, 3.05) is 0 Å². The van der Waals surface area contributed by atoms with Crippen LogP contribution in [0.2, 0.25) is 0 Å². The molecule has 0 radical (unpaired) electrons. The molecule has 1 saturated carbocycles. The smallest absolute Gasteiger partial charge is 0.338 e. The van der Waals surface area contributed by atoms with Gasteiger partial charge < -0.3 is 9.47 Å². The maximum Gasteiger partial charge on any atom is 0.338 e. The zero-order valence-electron chi connectivity index (χ0n) is 20.0. The lowest BCUT2D eigenvalue weighted by Crippen LogP contribution is -2.11. The number of esters is 2. The molecule has 0 spiro atoms. The molecule has 1 aliphatic carbocycles. The lowest BCUT2D eigenvalue weighted by Gasteiger charge is -2.24. The average molecular weight is 457 g/mol. The van der Waals surface area contributed by atoms with Crippen molar-refractivity contribution in [3.8, 4) is 11.5 Å². The molecule has 0 aliphatic heterocycles. The van der Waals surface area contributed by atoms with Crippen molar-refractivity contribution in [2.45, 2.75) is 39.5 Å². The minimum Gasteiger partial charge on any atom is -0.423 e. The van der Waals surface area contributed by atoms with Gasteiger partial charge in [0.15, 0.2) is 0 Å². The molecule has 4 heteroatoms. The molecule has 0 atom stereocenters. The van der Waals surface area contributed by atoms with Crippen molar-refractivity contribution in [1.82, 2.24) is 0 Å². The molecule has 176 valence electrons. The second-order valence-corrected chi connectivity index (χ2v) is 8.87. The molecule has 0 saturated heterocycles. The van der Waals surface area contributed by atoms with E-state index in [0.29, 0.717) is 34.5 Å². The normalized spacial score (nSPS) is 18.1. The monoisotopic (exact) mass is 456 g/mol. The van der Waals surface area contributed by atoms with E-state index in [9.17, 15) is 9.59 Å². The van der Waals surface area contributed by atoms with Crippen LogP contribution >= 0.6 is 0 Å². The van der Waals surface area contributed by atoms with Crippen LogP contribution in [0.4, 0.5) is 0 Å². The summed E-state index contributed by atoms with van der Waals surface area (Å²) in [5.74, 6) is 1.39. The zero-order valence-corrected chi connectivity index (χ0v) is 20.0. The van der Waals surface area contributed by atoms with Crippen molar-refractivity contribution in [2.24, 2.45) is 11.8 Å². The first kappa shape index (κ1) is 25.0. The molecule has 0 unspecified atom stereocenters. The fraction of sp³-hybridized carbons (Fsp3) is 0.267. The van der Waals surface area contributed by atoms with E-state index in [1.165, 1.54) is 0 Å². The molecule has 0 amide bonds. The van der Waals surface area contributed by atoms with Crippen LogP contribution < -0.4 is 9.47 Å². The van der Waals surface area contributed by atoms with Gasteiger partial charge in [-0.1, -0.05) is 61.7 Å². The fourth-order valence-corrected chi connectivity index (χ4v) is 3.71. The maximum atomic E-state index is 11.6. The van der Waals surface area contributed by atoms with Gasteiger partial charge in [-0.3, -0.25) is 0 Å².